The smallest absolute Gasteiger partial charge is 0.337 e. The summed E-state index contributed by atoms with van der Waals surface area (Å²) in [5.41, 5.74) is 0.644. The predicted molar refractivity (Wildman–Crippen MR) is 296 cm³/mol. The first-order valence-corrected chi connectivity index (χ1v) is 28.7. The minimum Gasteiger partial charge on any atom is -0.468 e. The molecular weight excluding hydrogens is 1220 g/mol. The van der Waals surface area contributed by atoms with Gasteiger partial charge >= 0.3 is 35.8 Å². The molecule has 0 amide bonds. The van der Waals surface area contributed by atoms with Crippen molar-refractivity contribution >= 4 is 35.8 Å². The van der Waals surface area contributed by atoms with Crippen molar-refractivity contribution in [2.24, 2.45) is 17.8 Å². The first-order chi connectivity index (χ1) is 43.5. The monoisotopic (exact) mass is 1300 g/mol. The number of hydrogen-bond acceptors (Lipinski definition) is 32. The van der Waals surface area contributed by atoms with Gasteiger partial charge in [-0.25, -0.2) is 14.4 Å². The maximum Gasteiger partial charge on any atom is 0.337 e. The molecule has 3 saturated heterocycles. The third kappa shape index (κ3) is 16.7. The first-order valence-electron chi connectivity index (χ1n) is 28.7. The predicted octanol–water partition coefficient (Wildman–Crippen LogP) is -3.22. The van der Waals surface area contributed by atoms with Gasteiger partial charge in [-0.15, -0.1) is 0 Å². The molecule has 21 atom stereocenters. The summed E-state index contributed by atoms with van der Waals surface area (Å²) in [6.45, 7) is 2.14. The van der Waals surface area contributed by atoms with Crippen LogP contribution in [0.15, 0.2) is 94.7 Å². The lowest BCUT2D eigenvalue weighted by atomic mass is 9.86. The van der Waals surface area contributed by atoms with Crippen LogP contribution in [0.1, 0.15) is 45.6 Å². The summed E-state index contributed by atoms with van der Waals surface area (Å²) in [5.74, 6) is -8.58. The Labute approximate surface area is 519 Å². The molecule has 504 valence electrons. The van der Waals surface area contributed by atoms with E-state index < -0.39 is 204 Å². The Morgan fingerprint density at radius 1 is 0.451 bits per heavy atom. The Bertz CT molecular complexity index is 2900. The minimum absolute atomic E-state index is 0.0851. The third-order valence-electron chi connectivity index (χ3n) is 15.8. The molecule has 0 spiro atoms. The van der Waals surface area contributed by atoms with Crippen LogP contribution in [0, 0.1) is 17.8 Å². The number of rotatable bonds is 23. The first kappa shape index (κ1) is 71.6. The van der Waals surface area contributed by atoms with Crippen molar-refractivity contribution in [1.82, 2.24) is 0 Å². The molecule has 32 heteroatoms. The molecule has 7 rings (SSSR count). The van der Waals surface area contributed by atoms with Gasteiger partial charge in [0.25, 0.3) is 0 Å². The average molecular weight is 1300 g/mol. The Hall–Kier alpha value is -6.80. The standard InChI is InChI=1S/C59H76O32/c1-7-27-30(16-39(62)80-15-14-25-10-12-26(13-11-25)85-41(64)18-32-29(9-3)56(84-23-35(32)53(76)79-6)90-58-49(72)46(69)43(66)37(20-61)87-58)33(51(74)77-4)21-83-55(27)91-59-50(73)47(70)44(67)38(88-59)24-81-40(63)17-31-28(8-2)54(82-22-34(31)52(75)78-5)89-57-48(71)45(68)42(65)36(19-60)86-57/h7-13,21-23,30-32,36-38,42-50,54-61,65-73H,14-20,24H2,1-6H3/t30-,31-,32-,36+,37+,38+,42+,43+,44+,45-,46-,47-,48+,49+,50+,54-,55-,56-,57-,58-,59-/m0/s1. The van der Waals surface area contributed by atoms with Crippen molar-refractivity contribution in [3.63, 3.8) is 0 Å². The Balaban J connectivity index is 0.931. The molecule has 1 aromatic carbocycles. The Kier molecular flexibility index (Phi) is 25.7. The van der Waals surface area contributed by atoms with Crippen LogP contribution in [-0.2, 0) is 102 Å². The molecule has 3 fully saturated rings. The van der Waals surface area contributed by atoms with Gasteiger partial charge in [-0.05, 0) is 38.5 Å². The third-order valence-corrected chi connectivity index (χ3v) is 15.8. The number of aliphatic hydroxyl groups excluding tert-OH is 11. The summed E-state index contributed by atoms with van der Waals surface area (Å²) in [6.07, 6.45) is -24.3. The van der Waals surface area contributed by atoms with Gasteiger partial charge in [0.2, 0.25) is 18.9 Å². The zero-order chi connectivity index (χ0) is 66.5. The molecule has 32 nitrogen and oxygen atoms in total. The van der Waals surface area contributed by atoms with Gasteiger partial charge in [0.05, 0.1) is 95.9 Å². The zero-order valence-corrected chi connectivity index (χ0v) is 50.0. The van der Waals surface area contributed by atoms with Crippen molar-refractivity contribution in [3.8, 4) is 5.75 Å². The molecule has 1 aromatic rings. The summed E-state index contributed by atoms with van der Waals surface area (Å²) in [6, 6.07) is 6.12. The molecule has 6 aliphatic rings. The average Bonchev–Trinajstić information content (AvgIpc) is 1.13. The SMILES string of the molecule is CC=C1[C@H](O[C@@H]2O[C@H](CO)[C@@H](O)[C@H](O)[C@H]2O)OC=C(C(=O)OC)[C@H]1CC(=O)OC[C@H]1O[C@@H](O[C@@H]2OC=C(C(=O)OC)[C@@H](CC(=O)OCCc3ccc(OC(=O)C[C@@H]4C(C(=O)OC)=CO[C@@H](O[C@@H]5O[C@H](CO)[C@@H](O)[C@H](O)[C@H]5O)C4=CC)cc3)C2=CC)[C@H](O)[C@@H](O)[C@@H]1O. The molecule has 11 N–H and O–H groups in total. The van der Waals surface area contributed by atoms with E-state index >= 15 is 0 Å². The van der Waals surface area contributed by atoms with E-state index in [4.69, 9.17) is 71.1 Å². The number of allylic oxidation sites excluding steroid dienone is 3. The second kappa shape index (κ2) is 32.7. The molecule has 91 heavy (non-hydrogen) atoms. The van der Waals surface area contributed by atoms with Gasteiger partial charge in [-0.2, -0.15) is 0 Å². The van der Waals surface area contributed by atoms with Gasteiger partial charge in [-0.3, -0.25) is 14.4 Å². The Morgan fingerprint density at radius 2 is 0.791 bits per heavy atom. The number of aliphatic hydroxyl groups is 11. The van der Waals surface area contributed by atoms with Crippen LogP contribution in [-0.4, -0.2) is 251 Å². The lowest BCUT2D eigenvalue weighted by Gasteiger charge is -2.42. The topological polar surface area (TPSA) is 463 Å². The maximum atomic E-state index is 13.6. The second-order valence-electron chi connectivity index (χ2n) is 21.3. The highest BCUT2D eigenvalue weighted by Crippen LogP contribution is 2.40. The van der Waals surface area contributed by atoms with Gasteiger partial charge in [0.1, 0.15) is 85.6 Å². The summed E-state index contributed by atoms with van der Waals surface area (Å²) in [7, 11) is 3.29. The van der Waals surface area contributed by atoms with E-state index in [0.717, 1.165) is 40.1 Å². The van der Waals surface area contributed by atoms with Crippen molar-refractivity contribution in [2.45, 2.75) is 157 Å². The molecule has 0 aromatic heterocycles. The van der Waals surface area contributed by atoms with Crippen LogP contribution in [0.25, 0.3) is 0 Å². The van der Waals surface area contributed by atoms with Crippen LogP contribution in [0.5, 0.6) is 5.75 Å². The normalized spacial score (nSPS) is 35.5. The van der Waals surface area contributed by atoms with Gasteiger partial charge in [-0.1, -0.05) is 30.4 Å². The highest BCUT2D eigenvalue weighted by atomic mass is 16.8. The van der Waals surface area contributed by atoms with Gasteiger partial charge < -0.3 is 127 Å². The molecule has 0 bridgehead atoms. The number of esters is 6. The molecule has 0 saturated carbocycles. The van der Waals surface area contributed by atoms with Crippen molar-refractivity contribution in [3.05, 3.63) is 100 Å². The van der Waals surface area contributed by atoms with Crippen LogP contribution >= 0.6 is 0 Å². The maximum absolute atomic E-state index is 13.6. The van der Waals surface area contributed by atoms with Crippen molar-refractivity contribution < 1.29 is 156 Å². The van der Waals surface area contributed by atoms with Crippen LogP contribution < -0.4 is 4.74 Å². The van der Waals surface area contributed by atoms with Crippen LogP contribution in [0.3, 0.4) is 0 Å². The summed E-state index contributed by atoms with van der Waals surface area (Å²) >= 11 is 0. The van der Waals surface area contributed by atoms with Crippen molar-refractivity contribution in [2.75, 3.05) is 47.8 Å². The lowest BCUT2D eigenvalue weighted by Crippen LogP contribution is -2.60. The fourth-order valence-electron chi connectivity index (χ4n) is 10.7. The van der Waals surface area contributed by atoms with E-state index in [9.17, 15) is 84.9 Å². The highest BCUT2D eigenvalue weighted by Gasteiger charge is 2.51. The zero-order valence-electron chi connectivity index (χ0n) is 50.0. The van der Waals surface area contributed by atoms with Gasteiger partial charge in [0, 0.05) is 40.9 Å². The fourth-order valence-corrected chi connectivity index (χ4v) is 10.7. The largest absolute Gasteiger partial charge is 0.468 e. The number of ether oxygens (including phenoxy) is 15. The summed E-state index contributed by atoms with van der Waals surface area (Å²) in [5, 5.41) is 115. The summed E-state index contributed by atoms with van der Waals surface area (Å²) < 4.78 is 82.6. The van der Waals surface area contributed by atoms with Crippen LogP contribution in [0.4, 0.5) is 0 Å². The van der Waals surface area contributed by atoms with Crippen molar-refractivity contribution in [1.29, 1.82) is 0 Å². The lowest BCUT2D eigenvalue weighted by molar-refractivity contribution is -0.328. The second-order valence-corrected chi connectivity index (χ2v) is 21.3. The van der Waals surface area contributed by atoms with E-state index in [0.29, 0.717) is 5.56 Å². The molecule has 0 radical (unpaired) electrons. The molecule has 6 heterocycles. The Morgan fingerprint density at radius 3 is 1.14 bits per heavy atom. The number of carbonyl (C=O) groups excluding carboxylic acids is 6. The van der Waals surface area contributed by atoms with E-state index in [1.54, 1.807) is 19.1 Å². The number of hydrogen-bond donors (Lipinski definition) is 11. The summed E-state index contributed by atoms with van der Waals surface area (Å²) in [4.78, 5) is 79.4. The quantitative estimate of drug-likeness (QED) is 0.0222. The fraction of sp³-hybridized carbons (Fsp3) is 0.593. The molecule has 6 aliphatic heterocycles. The van der Waals surface area contributed by atoms with E-state index in [2.05, 4.69) is 0 Å². The highest BCUT2D eigenvalue weighted by molar-refractivity contribution is 5.92. The number of benzene rings is 1. The molecule has 0 aliphatic carbocycles. The molecule has 0 unspecified atom stereocenters. The van der Waals surface area contributed by atoms with E-state index in [-0.39, 0.29) is 52.2 Å². The van der Waals surface area contributed by atoms with E-state index in [1.165, 1.54) is 44.2 Å². The molecular formula is C59H76O32. The van der Waals surface area contributed by atoms with Crippen LogP contribution in [0.2, 0.25) is 0 Å². The van der Waals surface area contributed by atoms with Gasteiger partial charge in [0.15, 0.2) is 18.9 Å². The minimum atomic E-state index is -1.98. The van der Waals surface area contributed by atoms with E-state index in [1.807, 2.05) is 0 Å². The number of methoxy groups -OCH3 is 3. The number of carbonyl (C=O) groups is 6.